The van der Waals surface area contributed by atoms with Crippen molar-refractivity contribution < 1.29 is 4.79 Å². The van der Waals surface area contributed by atoms with Crippen LogP contribution in [-0.2, 0) is 4.79 Å². The van der Waals surface area contributed by atoms with Crippen molar-refractivity contribution in [3.05, 3.63) is 64.1 Å². The number of carbonyl (C=O) groups excluding carboxylic acids is 1. The van der Waals surface area contributed by atoms with Crippen molar-refractivity contribution in [3.8, 4) is 0 Å². The third-order valence-corrected chi connectivity index (χ3v) is 6.17. The minimum atomic E-state index is 0.00523. The van der Waals surface area contributed by atoms with Crippen LogP contribution in [0.5, 0.6) is 0 Å². The number of amides is 1. The minimum absolute atomic E-state index is 0.00523. The van der Waals surface area contributed by atoms with Crippen LogP contribution in [0.1, 0.15) is 5.56 Å². The predicted molar refractivity (Wildman–Crippen MR) is 114 cm³/mol. The van der Waals surface area contributed by atoms with Gasteiger partial charge in [-0.3, -0.25) is 4.79 Å². The van der Waals surface area contributed by atoms with Gasteiger partial charge in [-0.2, -0.15) is 0 Å². The fraction of sp³-hybridized carbons (Fsp3) is 0.200. The zero-order chi connectivity index (χ0) is 18.8. The van der Waals surface area contributed by atoms with Crippen LogP contribution >= 0.6 is 34.5 Å². The van der Waals surface area contributed by atoms with E-state index in [-0.39, 0.29) is 5.91 Å². The van der Waals surface area contributed by atoms with Gasteiger partial charge >= 0.3 is 0 Å². The Morgan fingerprint density at radius 1 is 1.07 bits per heavy atom. The van der Waals surface area contributed by atoms with E-state index >= 15 is 0 Å². The molecule has 2 heterocycles. The van der Waals surface area contributed by atoms with Crippen molar-refractivity contribution in [2.75, 3.05) is 31.1 Å². The van der Waals surface area contributed by atoms with E-state index in [2.05, 4.69) is 9.88 Å². The zero-order valence-electron chi connectivity index (χ0n) is 14.4. The third-order valence-electron chi connectivity index (χ3n) is 4.51. The summed E-state index contributed by atoms with van der Waals surface area (Å²) in [4.78, 5) is 21.2. The first-order valence-corrected chi connectivity index (χ1v) is 10.2. The largest absolute Gasteiger partial charge is 0.345 e. The highest BCUT2D eigenvalue weighted by Crippen LogP contribution is 2.31. The van der Waals surface area contributed by atoms with Crippen molar-refractivity contribution in [2.45, 2.75) is 0 Å². The van der Waals surface area contributed by atoms with Crippen LogP contribution in [0.3, 0.4) is 0 Å². The highest BCUT2D eigenvalue weighted by atomic mass is 35.5. The topological polar surface area (TPSA) is 36.4 Å². The fourth-order valence-corrected chi connectivity index (χ4v) is 4.51. The number of piperazine rings is 1. The lowest BCUT2D eigenvalue weighted by atomic mass is 10.2. The number of carbonyl (C=O) groups is 1. The van der Waals surface area contributed by atoms with Crippen LogP contribution in [0.2, 0.25) is 10.0 Å². The standard InChI is InChI=1S/C20H17Cl2N3OS/c21-15-6-7-17-18(13-15)27-20(23-17)25-11-9-24(10-12-25)19(26)8-5-14-3-1-2-4-16(14)22/h1-8,13H,9-12H2/b8-5+. The molecule has 4 rings (SSSR count). The Labute approximate surface area is 171 Å². The molecule has 1 aliphatic heterocycles. The molecule has 2 aromatic carbocycles. The Hall–Kier alpha value is -2.08. The molecule has 1 saturated heterocycles. The van der Waals surface area contributed by atoms with Gasteiger partial charge in [-0.1, -0.05) is 52.7 Å². The van der Waals surface area contributed by atoms with E-state index in [0.717, 1.165) is 39.0 Å². The summed E-state index contributed by atoms with van der Waals surface area (Å²) in [7, 11) is 0. The molecule has 1 amide bonds. The smallest absolute Gasteiger partial charge is 0.246 e. The number of aromatic nitrogens is 1. The van der Waals surface area contributed by atoms with E-state index < -0.39 is 0 Å². The van der Waals surface area contributed by atoms with Gasteiger partial charge in [-0.15, -0.1) is 0 Å². The molecular weight excluding hydrogens is 401 g/mol. The van der Waals surface area contributed by atoms with Gasteiger partial charge in [-0.25, -0.2) is 4.98 Å². The van der Waals surface area contributed by atoms with E-state index in [4.69, 9.17) is 23.2 Å². The summed E-state index contributed by atoms with van der Waals surface area (Å²) in [5, 5.41) is 2.34. The molecule has 0 atom stereocenters. The maximum absolute atomic E-state index is 12.5. The van der Waals surface area contributed by atoms with Crippen LogP contribution in [0, 0.1) is 0 Å². The van der Waals surface area contributed by atoms with Gasteiger partial charge in [0.05, 0.1) is 10.2 Å². The number of anilines is 1. The van der Waals surface area contributed by atoms with E-state index in [1.807, 2.05) is 47.4 Å². The average molecular weight is 418 g/mol. The SMILES string of the molecule is O=C(/C=C/c1ccccc1Cl)N1CCN(c2nc3ccc(Cl)cc3s2)CC1. The van der Waals surface area contributed by atoms with Gasteiger partial charge in [0.2, 0.25) is 5.91 Å². The number of halogens is 2. The third kappa shape index (κ3) is 4.10. The van der Waals surface area contributed by atoms with Crippen LogP contribution in [0.15, 0.2) is 48.5 Å². The summed E-state index contributed by atoms with van der Waals surface area (Å²) in [6, 6.07) is 13.2. The molecule has 0 saturated carbocycles. The Morgan fingerprint density at radius 3 is 2.63 bits per heavy atom. The van der Waals surface area contributed by atoms with E-state index in [1.165, 1.54) is 0 Å². The molecule has 0 radical (unpaired) electrons. The molecule has 0 spiro atoms. The van der Waals surface area contributed by atoms with Crippen molar-refractivity contribution in [2.24, 2.45) is 0 Å². The molecule has 1 aromatic heterocycles. The Morgan fingerprint density at radius 2 is 1.85 bits per heavy atom. The quantitative estimate of drug-likeness (QED) is 0.564. The molecule has 0 unspecified atom stereocenters. The van der Waals surface area contributed by atoms with Gasteiger partial charge in [0.15, 0.2) is 5.13 Å². The van der Waals surface area contributed by atoms with Gasteiger partial charge in [-0.05, 0) is 35.9 Å². The first-order chi connectivity index (χ1) is 13.1. The van der Waals surface area contributed by atoms with Crippen LogP contribution < -0.4 is 4.90 Å². The fourth-order valence-electron chi connectivity index (χ4n) is 3.02. The second kappa shape index (κ2) is 7.89. The first-order valence-electron chi connectivity index (χ1n) is 8.63. The highest BCUT2D eigenvalue weighted by Gasteiger charge is 2.22. The molecule has 1 aliphatic rings. The molecule has 3 aromatic rings. The normalized spacial score (nSPS) is 15.0. The maximum atomic E-state index is 12.5. The van der Waals surface area contributed by atoms with Crippen molar-refractivity contribution in [1.29, 1.82) is 0 Å². The number of benzene rings is 2. The summed E-state index contributed by atoms with van der Waals surface area (Å²) < 4.78 is 1.08. The van der Waals surface area contributed by atoms with Gasteiger partial charge in [0.1, 0.15) is 0 Å². The monoisotopic (exact) mass is 417 g/mol. The van der Waals surface area contributed by atoms with E-state index in [0.29, 0.717) is 18.1 Å². The molecule has 0 N–H and O–H groups in total. The summed E-state index contributed by atoms with van der Waals surface area (Å²) in [6.07, 6.45) is 3.37. The first kappa shape index (κ1) is 18.3. The second-order valence-electron chi connectivity index (χ2n) is 6.28. The summed E-state index contributed by atoms with van der Waals surface area (Å²) in [5.74, 6) is 0.00523. The van der Waals surface area contributed by atoms with E-state index in [1.54, 1.807) is 23.5 Å². The molecule has 138 valence electrons. The lowest BCUT2D eigenvalue weighted by Gasteiger charge is -2.34. The molecule has 4 nitrogen and oxygen atoms in total. The van der Waals surface area contributed by atoms with Gasteiger partial charge < -0.3 is 9.80 Å². The number of rotatable bonds is 3. The molecule has 27 heavy (non-hydrogen) atoms. The van der Waals surface area contributed by atoms with Gasteiger partial charge in [0.25, 0.3) is 0 Å². The lowest BCUT2D eigenvalue weighted by Crippen LogP contribution is -2.48. The highest BCUT2D eigenvalue weighted by molar-refractivity contribution is 7.22. The number of hydrogen-bond donors (Lipinski definition) is 0. The summed E-state index contributed by atoms with van der Waals surface area (Å²) in [6.45, 7) is 2.86. The molecule has 1 fully saturated rings. The molecular formula is C20H17Cl2N3OS. The van der Waals surface area contributed by atoms with Gasteiger partial charge in [0, 0.05) is 42.3 Å². The predicted octanol–water partition coefficient (Wildman–Crippen LogP) is 4.97. The van der Waals surface area contributed by atoms with E-state index in [9.17, 15) is 4.79 Å². The molecule has 0 bridgehead atoms. The van der Waals surface area contributed by atoms with Crippen LogP contribution in [0.4, 0.5) is 5.13 Å². The van der Waals surface area contributed by atoms with Crippen molar-refractivity contribution in [3.63, 3.8) is 0 Å². The second-order valence-corrected chi connectivity index (χ2v) is 8.13. The van der Waals surface area contributed by atoms with Crippen molar-refractivity contribution >= 4 is 61.9 Å². The molecule has 7 heteroatoms. The van der Waals surface area contributed by atoms with Crippen LogP contribution in [0.25, 0.3) is 16.3 Å². The summed E-state index contributed by atoms with van der Waals surface area (Å²) in [5.41, 5.74) is 1.81. The number of fused-ring (bicyclic) bond motifs is 1. The number of hydrogen-bond acceptors (Lipinski definition) is 4. The Bertz CT molecular complexity index is 1010. The summed E-state index contributed by atoms with van der Waals surface area (Å²) >= 11 is 13.8. The molecule has 0 aliphatic carbocycles. The Balaban J connectivity index is 1.39. The lowest BCUT2D eigenvalue weighted by molar-refractivity contribution is -0.126. The maximum Gasteiger partial charge on any atom is 0.246 e. The zero-order valence-corrected chi connectivity index (χ0v) is 16.8. The number of thiazole rings is 1. The van der Waals surface area contributed by atoms with Crippen LogP contribution in [-0.4, -0.2) is 42.0 Å². The number of nitrogens with zero attached hydrogens (tertiary/aromatic N) is 3. The average Bonchev–Trinajstić information content (AvgIpc) is 3.10. The minimum Gasteiger partial charge on any atom is -0.345 e. The van der Waals surface area contributed by atoms with Crippen molar-refractivity contribution in [1.82, 2.24) is 9.88 Å². The Kier molecular flexibility index (Phi) is 5.34.